The van der Waals surface area contributed by atoms with E-state index in [1.807, 2.05) is 30.3 Å². The molecule has 0 unspecified atom stereocenters. The number of nitrogens with zero attached hydrogens (tertiary/aromatic N) is 1. The fourth-order valence-electron chi connectivity index (χ4n) is 3.08. The van der Waals surface area contributed by atoms with E-state index in [9.17, 15) is 4.39 Å². The second-order valence-electron chi connectivity index (χ2n) is 7.02. The molecule has 1 heterocycles. The minimum atomic E-state index is -0.472. The summed E-state index contributed by atoms with van der Waals surface area (Å²) in [7, 11) is 0. The average molecular weight is 469 g/mol. The quantitative estimate of drug-likeness (QED) is 0.319. The first-order valence-electron chi connectivity index (χ1n) is 9.79. The second kappa shape index (κ2) is 9.90. The maximum Gasteiger partial charge on any atom is 0.166 e. The van der Waals surface area contributed by atoms with Crippen molar-refractivity contribution in [3.05, 3.63) is 106 Å². The van der Waals surface area contributed by atoms with Gasteiger partial charge in [-0.15, -0.1) is 0 Å². The number of hydrogen-bond acceptors (Lipinski definition) is 4. The lowest BCUT2D eigenvalue weighted by atomic mass is 10.1. The van der Waals surface area contributed by atoms with Gasteiger partial charge in [-0.3, -0.25) is 0 Å². The highest BCUT2D eigenvalue weighted by Crippen LogP contribution is 2.32. The maximum absolute atomic E-state index is 14.6. The van der Waals surface area contributed by atoms with Crippen molar-refractivity contribution in [2.24, 2.45) is 0 Å². The first-order valence-corrected chi connectivity index (χ1v) is 10.5. The number of halogens is 3. The van der Waals surface area contributed by atoms with Gasteiger partial charge in [0.2, 0.25) is 0 Å². The van der Waals surface area contributed by atoms with Crippen LogP contribution in [0.5, 0.6) is 11.5 Å². The molecule has 0 amide bonds. The number of hydrogen-bond donors (Lipinski definition) is 1. The summed E-state index contributed by atoms with van der Waals surface area (Å²) in [6.07, 6.45) is 1.56. The van der Waals surface area contributed by atoms with Gasteiger partial charge in [0.25, 0.3) is 0 Å². The minimum absolute atomic E-state index is 0.120. The molecule has 0 aliphatic carbocycles. The van der Waals surface area contributed by atoms with Gasteiger partial charge in [-0.05, 0) is 41.5 Å². The molecule has 0 atom stereocenters. The Morgan fingerprint density at radius 2 is 1.50 bits per heavy atom. The Balaban J connectivity index is 1.50. The molecular formula is C25H19Cl2FN2O2. The molecule has 4 aromatic rings. The lowest BCUT2D eigenvalue weighted by Crippen LogP contribution is -2.02. The van der Waals surface area contributed by atoms with E-state index < -0.39 is 5.82 Å². The van der Waals surface area contributed by atoms with Gasteiger partial charge in [0.1, 0.15) is 13.2 Å². The van der Waals surface area contributed by atoms with Crippen molar-refractivity contribution in [2.45, 2.75) is 13.2 Å². The largest absolute Gasteiger partial charge is 0.486 e. The zero-order valence-corrected chi connectivity index (χ0v) is 18.4. The van der Waals surface area contributed by atoms with Gasteiger partial charge in [-0.2, -0.15) is 0 Å². The fourth-order valence-corrected chi connectivity index (χ4v) is 3.59. The highest BCUT2D eigenvalue weighted by Gasteiger charge is 2.12. The number of benzene rings is 3. The molecule has 0 bridgehead atoms. The van der Waals surface area contributed by atoms with E-state index in [4.69, 9.17) is 38.4 Å². The summed E-state index contributed by atoms with van der Waals surface area (Å²) in [4.78, 5) is 4.17. The van der Waals surface area contributed by atoms with E-state index in [1.165, 1.54) is 6.07 Å². The highest BCUT2D eigenvalue weighted by molar-refractivity contribution is 6.35. The van der Waals surface area contributed by atoms with Crippen LogP contribution >= 0.6 is 23.2 Å². The van der Waals surface area contributed by atoms with Crippen LogP contribution in [0.25, 0.3) is 11.1 Å². The zero-order valence-electron chi connectivity index (χ0n) is 16.9. The van der Waals surface area contributed by atoms with Gasteiger partial charge in [0, 0.05) is 27.4 Å². The molecule has 4 nitrogen and oxygen atoms in total. The van der Waals surface area contributed by atoms with Gasteiger partial charge in [0.15, 0.2) is 23.1 Å². The number of pyridine rings is 1. The van der Waals surface area contributed by atoms with Crippen molar-refractivity contribution in [3.8, 4) is 22.6 Å². The molecule has 7 heteroatoms. The molecule has 32 heavy (non-hydrogen) atoms. The van der Waals surface area contributed by atoms with Crippen molar-refractivity contribution >= 4 is 29.0 Å². The van der Waals surface area contributed by atoms with Gasteiger partial charge in [-0.1, -0.05) is 65.7 Å². The molecule has 3 aromatic carbocycles. The molecule has 162 valence electrons. The molecule has 0 fully saturated rings. The lowest BCUT2D eigenvalue weighted by Gasteiger charge is -2.13. The number of nitrogens with two attached hydrogens (primary N) is 1. The molecule has 2 N–H and O–H groups in total. The average Bonchev–Trinajstić information content (AvgIpc) is 2.79. The Kier molecular flexibility index (Phi) is 6.78. The van der Waals surface area contributed by atoms with Gasteiger partial charge < -0.3 is 15.2 Å². The van der Waals surface area contributed by atoms with E-state index in [1.54, 1.807) is 42.6 Å². The number of ether oxygens (including phenoxy) is 2. The topological polar surface area (TPSA) is 57.4 Å². The maximum atomic E-state index is 14.6. The highest BCUT2D eigenvalue weighted by atomic mass is 35.5. The monoisotopic (exact) mass is 468 g/mol. The summed E-state index contributed by atoms with van der Waals surface area (Å²) in [5.41, 5.74) is 8.82. The Bertz CT molecular complexity index is 1220. The third-order valence-corrected chi connectivity index (χ3v) is 5.53. The molecule has 0 saturated carbocycles. The summed E-state index contributed by atoms with van der Waals surface area (Å²) >= 11 is 12.4. The Morgan fingerprint density at radius 1 is 0.781 bits per heavy atom. The van der Waals surface area contributed by atoms with Crippen LogP contribution in [0.3, 0.4) is 0 Å². The van der Waals surface area contributed by atoms with E-state index in [0.29, 0.717) is 32.5 Å². The molecule has 0 aliphatic rings. The molecular weight excluding hydrogens is 450 g/mol. The normalized spacial score (nSPS) is 10.7. The molecule has 4 rings (SSSR count). The first-order chi connectivity index (χ1) is 15.5. The predicted octanol–water partition coefficient (Wildman–Crippen LogP) is 6.93. The van der Waals surface area contributed by atoms with Crippen LogP contribution in [0.1, 0.15) is 11.1 Å². The summed E-state index contributed by atoms with van der Waals surface area (Å²) in [6.45, 7) is 0.400. The van der Waals surface area contributed by atoms with Crippen molar-refractivity contribution in [1.82, 2.24) is 4.98 Å². The summed E-state index contributed by atoms with van der Waals surface area (Å²) < 4.78 is 26.1. The number of aromatic nitrogens is 1. The smallest absolute Gasteiger partial charge is 0.166 e. The summed E-state index contributed by atoms with van der Waals surface area (Å²) in [5, 5.41) is 0.988. The van der Waals surface area contributed by atoms with Crippen molar-refractivity contribution in [3.63, 3.8) is 0 Å². The van der Waals surface area contributed by atoms with Gasteiger partial charge in [-0.25, -0.2) is 9.37 Å². The predicted molar refractivity (Wildman–Crippen MR) is 126 cm³/mol. The minimum Gasteiger partial charge on any atom is -0.486 e. The number of rotatable bonds is 7. The second-order valence-corrected chi connectivity index (χ2v) is 7.83. The third-order valence-electron chi connectivity index (χ3n) is 4.82. The number of nitrogen functional groups attached to an aromatic ring is 1. The van der Waals surface area contributed by atoms with Crippen LogP contribution in [-0.4, -0.2) is 4.98 Å². The zero-order chi connectivity index (χ0) is 22.5. The van der Waals surface area contributed by atoms with Gasteiger partial charge in [0.05, 0.1) is 0 Å². The molecule has 1 aromatic heterocycles. The van der Waals surface area contributed by atoms with Crippen molar-refractivity contribution in [2.75, 3.05) is 5.73 Å². The molecule has 0 aliphatic heterocycles. The Hall–Kier alpha value is -3.28. The number of anilines is 1. The van der Waals surface area contributed by atoms with E-state index in [-0.39, 0.29) is 24.8 Å². The fraction of sp³-hybridized carbons (Fsp3) is 0.0800. The molecule has 0 saturated heterocycles. The first kappa shape index (κ1) is 21.9. The van der Waals surface area contributed by atoms with Crippen molar-refractivity contribution < 1.29 is 13.9 Å². The standard InChI is InChI=1S/C25H19Cl2FN2O2/c26-20-7-4-8-21(27)19(20)15-32-24-12-18(13-30-25(24)29)17-9-10-23(22(28)11-17)31-14-16-5-2-1-3-6-16/h1-13H,14-15H2,(H2,29,30). The van der Waals surface area contributed by atoms with Crippen molar-refractivity contribution in [1.29, 1.82) is 0 Å². The Labute approximate surface area is 195 Å². The summed E-state index contributed by atoms with van der Waals surface area (Å²) in [6, 6.07) is 21.2. The van der Waals surface area contributed by atoms with E-state index >= 15 is 0 Å². The van der Waals surface area contributed by atoms with Crippen LogP contribution in [-0.2, 0) is 13.2 Å². The van der Waals surface area contributed by atoms with Crippen LogP contribution in [0.15, 0.2) is 79.0 Å². The summed E-state index contributed by atoms with van der Waals surface area (Å²) in [5.74, 6) is 0.259. The molecule has 0 spiro atoms. The lowest BCUT2D eigenvalue weighted by molar-refractivity contribution is 0.290. The van der Waals surface area contributed by atoms with E-state index in [0.717, 1.165) is 5.56 Å². The Morgan fingerprint density at radius 3 is 2.22 bits per heavy atom. The van der Waals surface area contributed by atoms with Crippen LogP contribution in [0, 0.1) is 5.82 Å². The van der Waals surface area contributed by atoms with Crippen LogP contribution < -0.4 is 15.2 Å². The molecule has 0 radical (unpaired) electrons. The van der Waals surface area contributed by atoms with E-state index in [2.05, 4.69) is 4.98 Å². The van der Waals surface area contributed by atoms with Gasteiger partial charge >= 0.3 is 0 Å². The SMILES string of the molecule is Nc1ncc(-c2ccc(OCc3ccccc3)c(F)c2)cc1OCc1c(Cl)cccc1Cl. The van der Waals surface area contributed by atoms with Crippen LogP contribution in [0.2, 0.25) is 10.0 Å². The third kappa shape index (κ3) is 5.13. The van der Waals surface area contributed by atoms with Crippen LogP contribution in [0.4, 0.5) is 10.2 Å².